The SMILES string of the molecule is CCNC(=O)NC(=O)COC(=O)c1ccc(C)cc1O. The highest BCUT2D eigenvalue weighted by atomic mass is 16.5. The van der Waals surface area contributed by atoms with Crippen LogP contribution in [0.1, 0.15) is 22.8 Å². The third-order valence-corrected chi connectivity index (χ3v) is 2.30. The molecule has 3 amide bonds. The number of aryl methyl sites for hydroxylation is 1. The predicted molar refractivity (Wildman–Crippen MR) is 70.3 cm³/mol. The lowest BCUT2D eigenvalue weighted by Crippen LogP contribution is -2.41. The van der Waals surface area contributed by atoms with Crippen molar-refractivity contribution >= 4 is 17.9 Å². The smallest absolute Gasteiger partial charge is 0.342 e. The van der Waals surface area contributed by atoms with Crippen LogP contribution in [0.3, 0.4) is 0 Å². The topological polar surface area (TPSA) is 105 Å². The van der Waals surface area contributed by atoms with Gasteiger partial charge in [0.25, 0.3) is 5.91 Å². The summed E-state index contributed by atoms with van der Waals surface area (Å²) in [6.45, 7) is 3.22. The molecule has 20 heavy (non-hydrogen) atoms. The number of ether oxygens (including phenoxy) is 1. The van der Waals surface area contributed by atoms with Gasteiger partial charge in [-0.25, -0.2) is 9.59 Å². The number of amides is 3. The van der Waals surface area contributed by atoms with Crippen molar-refractivity contribution in [1.29, 1.82) is 0 Å². The summed E-state index contributed by atoms with van der Waals surface area (Å²) in [6, 6.07) is 3.78. The zero-order chi connectivity index (χ0) is 15.1. The van der Waals surface area contributed by atoms with Gasteiger partial charge < -0.3 is 15.2 Å². The van der Waals surface area contributed by atoms with E-state index in [1.807, 2.05) is 5.32 Å². The number of phenolic OH excluding ortho intramolecular Hbond substituents is 1. The number of aromatic hydroxyl groups is 1. The van der Waals surface area contributed by atoms with Gasteiger partial charge in [0.2, 0.25) is 0 Å². The molecule has 108 valence electrons. The molecule has 0 aromatic heterocycles. The summed E-state index contributed by atoms with van der Waals surface area (Å²) in [4.78, 5) is 34.0. The first kappa shape index (κ1) is 15.5. The molecular weight excluding hydrogens is 264 g/mol. The maximum atomic E-state index is 11.6. The molecule has 3 N–H and O–H groups in total. The molecule has 0 bridgehead atoms. The van der Waals surface area contributed by atoms with Gasteiger partial charge in [0.1, 0.15) is 11.3 Å². The molecule has 7 nitrogen and oxygen atoms in total. The van der Waals surface area contributed by atoms with Gasteiger partial charge in [-0.05, 0) is 31.5 Å². The number of hydrogen-bond donors (Lipinski definition) is 3. The van der Waals surface area contributed by atoms with Crippen molar-refractivity contribution in [1.82, 2.24) is 10.6 Å². The van der Waals surface area contributed by atoms with E-state index in [-0.39, 0.29) is 11.3 Å². The van der Waals surface area contributed by atoms with Crippen LogP contribution < -0.4 is 10.6 Å². The van der Waals surface area contributed by atoms with Crippen molar-refractivity contribution in [2.45, 2.75) is 13.8 Å². The van der Waals surface area contributed by atoms with E-state index < -0.39 is 24.5 Å². The van der Waals surface area contributed by atoms with Crippen molar-refractivity contribution in [3.63, 3.8) is 0 Å². The molecule has 0 radical (unpaired) electrons. The maximum absolute atomic E-state index is 11.6. The maximum Gasteiger partial charge on any atom is 0.342 e. The fourth-order valence-corrected chi connectivity index (χ4v) is 1.39. The van der Waals surface area contributed by atoms with Gasteiger partial charge in [-0.3, -0.25) is 10.1 Å². The van der Waals surface area contributed by atoms with E-state index in [4.69, 9.17) is 4.74 Å². The third-order valence-electron chi connectivity index (χ3n) is 2.30. The summed E-state index contributed by atoms with van der Waals surface area (Å²) in [5.74, 6) is -1.82. The first-order chi connectivity index (χ1) is 9.43. The third kappa shape index (κ3) is 4.60. The fourth-order valence-electron chi connectivity index (χ4n) is 1.39. The molecule has 7 heteroatoms. The lowest BCUT2D eigenvalue weighted by Gasteiger charge is -2.07. The quantitative estimate of drug-likeness (QED) is 0.704. The standard InChI is InChI=1S/C13H16N2O5/c1-3-14-13(19)15-11(17)7-20-12(18)9-5-4-8(2)6-10(9)16/h4-6,16H,3,7H2,1-2H3,(H2,14,15,17,19). The van der Waals surface area contributed by atoms with E-state index in [1.165, 1.54) is 12.1 Å². The highest BCUT2D eigenvalue weighted by Crippen LogP contribution is 2.19. The number of carbonyl (C=O) groups excluding carboxylic acids is 3. The van der Waals surface area contributed by atoms with Crippen LogP contribution in [-0.2, 0) is 9.53 Å². The number of rotatable bonds is 4. The molecule has 1 rings (SSSR count). The van der Waals surface area contributed by atoms with Gasteiger partial charge in [0, 0.05) is 6.54 Å². The molecule has 0 aliphatic carbocycles. The van der Waals surface area contributed by atoms with Gasteiger partial charge in [-0.2, -0.15) is 0 Å². The summed E-state index contributed by atoms with van der Waals surface area (Å²) in [7, 11) is 0. The Hall–Kier alpha value is -2.57. The minimum absolute atomic E-state index is 0.0404. The summed E-state index contributed by atoms with van der Waals surface area (Å²) >= 11 is 0. The molecule has 1 aromatic rings. The van der Waals surface area contributed by atoms with Gasteiger partial charge >= 0.3 is 12.0 Å². The number of benzene rings is 1. The normalized spacial score (nSPS) is 9.70. The van der Waals surface area contributed by atoms with E-state index in [2.05, 4.69) is 5.32 Å². The Kier molecular flexibility index (Phi) is 5.52. The molecule has 0 atom stereocenters. The van der Waals surface area contributed by atoms with Crippen molar-refractivity contribution in [2.75, 3.05) is 13.2 Å². The summed E-state index contributed by atoms with van der Waals surface area (Å²) in [5.41, 5.74) is 0.745. The average Bonchev–Trinajstić information content (AvgIpc) is 2.36. The summed E-state index contributed by atoms with van der Waals surface area (Å²) in [5, 5.41) is 13.9. The van der Waals surface area contributed by atoms with Crippen LogP contribution in [0.4, 0.5) is 4.79 Å². The Bertz CT molecular complexity index is 527. The largest absolute Gasteiger partial charge is 0.507 e. The lowest BCUT2D eigenvalue weighted by molar-refractivity contribution is -0.123. The van der Waals surface area contributed by atoms with Gasteiger partial charge in [-0.15, -0.1) is 0 Å². The number of imide groups is 1. The van der Waals surface area contributed by atoms with Crippen molar-refractivity contribution in [3.05, 3.63) is 29.3 Å². The number of nitrogens with one attached hydrogen (secondary N) is 2. The van der Waals surface area contributed by atoms with Crippen LogP contribution in [0, 0.1) is 6.92 Å². The van der Waals surface area contributed by atoms with Crippen LogP contribution in [0.5, 0.6) is 5.75 Å². The van der Waals surface area contributed by atoms with Crippen LogP contribution in [-0.4, -0.2) is 36.2 Å². The summed E-state index contributed by atoms with van der Waals surface area (Å²) < 4.78 is 4.70. The number of urea groups is 1. The number of phenols is 1. The Morgan fingerprint density at radius 2 is 2.00 bits per heavy atom. The lowest BCUT2D eigenvalue weighted by atomic mass is 10.1. The highest BCUT2D eigenvalue weighted by molar-refractivity contribution is 5.97. The van der Waals surface area contributed by atoms with Gasteiger partial charge in [0.05, 0.1) is 0 Å². The molecule has 0 saturated carbocycles. The van der Waals surface area contributed by atoms with Crippen molar-refractivity contribution < 1.29 is 24.2 Å². The Balaban J connectivity index is 2.51. The molecule has 1 aromatic carbocycles. The monoisotopic (exact) mass is 280 g/mol. The Labute approximate surface area is 115 Å². The van der Waals surface area contributed by atoms with E-state index >= 15 is 0 Å². The molecule has 0 unspecified atom stereocenters. The minimum Gasteiger partial charge on any atom is -0.507 e. The van der Waals surface area contributed by atoms with E-state index in [0.717, 1.165) is 5.56 Å². The first-order valence-corrected chi connectivity index (χ1v) is 5.98. The van der Waals surface area contributed by atoms with E-state index in [9.17, 15) is 19.5 Å². The van der Waals surface area contributed by atoms with Crippen LogP contribution in [0.2, 0.25) is 0 Å². The molecular formula is C13H16N2O5. The zero-order valence-electron chi connectivity index (χ0n) is 11.2. The second kappa shape index (κ2) is 7.13. The first-order valence-electron chi connectivity index (χ1n) is 5.98. The molecule has 0 aliphatic heterocycles. The van der Waals surface area contributed by atoms with E-state index in [0.29, 0.717) is 6.54 Å². The molecule has 0 spiro atoms. The average molecular weight is 280 g/mol. The minimum atomic E-state index is -0.839. The molecule has 0 saturated heterocycles. The van der Waals surface area contributed by atoms with Gasteiger partial charge in [-0.1, -0.05) is 6.07 Å². The molecule has 0 aliphatic rings. The predicted octanol–water partition coefficient (Wildman–Crippen LogP) is 0.703. The Morgan fingerprint density at radius 1 is 1.30 bits per heavy atom. The number of hydrogen-bond acceptors (Lipinski definition) is 5. The molecule has 0 heterocycles. The van der Waals surface area contributed by atoms with Crippen molar-refractivity contribution in [3.8, 4) is 5.75 Å². The molecule has 0 fully saturated rings. The van der Waals surface area contributed by atoms with Crippen LogP contribution >= 0.6 is 0 Å². The second-order valence-corrected chi connectivity index (χ2v) is 4.00. The zero-order valence-corrected chi connectivity index (χ0v) is 11.2. The van der Waals surface area contributed by atoms with E-state index in [1.54, 1.807) is 19.9 Å². The van der Waals surface area contributed by atoms with Crippen molar-refractivity contribution in [2.24, 2.45) is 0 Å². The second-order valence-electron chi connectivity index (χ2n) is 4.00. The fraction of sp³-hybridized carbons (Fsp3) is 0.308. The van der Waals surface area contributed by atoms with Gasteiger partial charge in [0.15, 0.2) is 6.61 Å². The van der Waals surface area contributed by atoms with Crippen LogP contribution in [0.15, 0.2) is 18.2 Å². The summed E-state index contributed by atoms with van der Waals surface area (Å²) in [6.07, 6.45) is 0. The number of esters is 1. The Morgan fingerprint density at radius 3 is 2.60 bits per heavy atom. The van der Waals surface area contributed by atoms with Crippen LogP contribution in [0.25, 0.3) is 0 Å². The number of carbonyl (C=O) groups is 3. The highest BCUT2D eigenvalue weighted by Gasteiger charge is 2.15.